The Morgan fingerprint density at radius 1 is 1.53 bits per heavy atom. The maximum absolute atomic E-state index is 9.58. The summed E-state index contributed by atoms with van der Waals surface area (Å²) in [6.07, 6.45) is 1.25. The molecule has 0 aliphatic carbocycles. The molecule has 0 amide bonds. The van der Waals surface area contributed by atoms with Crippen LogP contribution in [0.5, 0.6) is 0 Å². The molecule has 5 heteroatoms. The van der Waals surface area contributed by atoms with Crippen LogP contribution in [0.3, 0.4) is 0 Å². The van der Waals surface area contributed by atoms with Crippen LogP contribution in [0.4, 0.5) is 0 Å². The standard InChI is InChI=1S/C10H20N4O/c1-4-14-10(12-7-13-14)6-11-5-9(15)8(2)3/h7-9,11,15H,4-6H2,1-3H3. The largest absolute Gasteiger partial charge is 0.392 e. The molecule has 1 unspecified atom stereocenters. The van der Waals surface area contributed by atoms with Crippen LogP contribution >= 0.6 is 0 Å². The Morgan fingerprint density at radius 3 is 2.87 bits per heavy atom. The Labute approximate surface area is 90.5 Å². The molecular weight excluding hydrogens is 192 g/mol. The summed E-state index contributed by atoms with van der Waals surface area (Å²) in [6.45, 7) is 8.10. The van der Waals surface area contributed by atoms with E-state index in [2.05, 4.69) is 15.4 Å². The third-order valence-electron chi connectivity index (χ3n) is 2.40. The van der Waals surface area contributed by atoms with Crippen molar-refractivity contribution in [1.29, 1.82) is 0 Å². The van der Waals surface area contributed by atoms with Crippen molar-refractivity contribution in [3.05, 3.63) is 12.2 Å². The Hall–Kier alpha value is -0.940. The van der Waals surface area contributed by atoms with E-state index in [1.165, 1.54) is 0 Å². The molecule has 0 saturated heterocycles. The van der Waals surface area contributed by atoms with Gasteiger partial charge in [0.15, 0.2) is 0 Å². The van der Waals surface area contributed by atoms with Gasteiger partial charge in [-0.05, 0) is 12.8 Å². The summed E-state index contributed by atoms with van der Waals surface area (Å²) in [5.41, 5.74) is 0. The van der Waals surface area contributed by atoms with Crippen molar-refractivity contribution in [2.24, 2.45) is 5.92 Å². The molecule has 0 radical (unpaired) electrons. The number of rotatable bonds is 6. The third kappa shape index (κ3) is 3.60. The van der Waals surface area contributed by atoms with Crippen molar-refractivity contribution >= 4 is 0 Å². The van der Waals surface area contributed by atoms with Crippen LogP contribution in [-0.2, 0) is 13.1 Å². The summed E-state index contributed by atoms with van der Waals surface area (Å²) in [5.74, 6) is 1.19. The molecule has 0 fully saturated rings. The van der Waals surface area contributed by atoms with E-state index in [9.17, 15) is 5.11 Å². The maximum atomic E-state index is 9.58. The number of aliphatic hydroxyl groups excluding tert-OH is 1. The molecule has 1 rings (SSSR count). The first-order valence-electron chi connectivity index (χ1n) is 5.40. The van der Waals surface area contributed by atoms with E-state index in [0.29, 0.717) is 13.1 Å². The first-order chi connectivity index (χ1) is 7.15. The van der Waals surface area contributed by atoms with Crippen molar-refractivity contribution in [2.75, 3.05) is 6.54 Å². The Bertz CT molecular complexity index is 285. The fraction of sp³-hybridized carbons (Fsp3) is 0.800. The summed E-state index contributed by atoms with van der Waals surface area (Å²) >= 11 is 0. The van der Waals surface area contributed by atoms with Gasteiger partial charge >= 0.3 is 0 Å². The number of hydrogen-bond acceptors (Lipinski definition) is 4. The first-order valence-corrected chi connectivity index (χ1v) is 5.40. The highest BCUT2D eigenvalue weighted by Crippen LogP contribution is 1.99. The number of nitrogens with zero attached hydrogens (tertiary/aromatic N) is 3. The lowest BCUT2D eigenvalue weighted by Crippen LogP contribution is -2.31. The third-order valence-corrected chi connectivity index (χ3v) is 2.40. The van der Waals surface area contributed by atoms with E-state index in [1.807, 2.05) is 25.5 Å². The molecule has 15 heavy (non-hydrogen) atoms. The zero-order valence-corrected chi connectivity index (χ0v) is 9.64. The second kappa shape index (κ2) is 5.82. The predicted octanol–water partition coefficient (Wildman–Crippen LogP) is 0.404. The highest BCUT2D eigenvalue weighted by molar-refractivity contribution is 4.83. The Morgan fingerprint density at radius 2 is 2.27 bits per heavy atom. The molecule has 1 aromatic rings. The fourth-order valence-corrected chi connectivity index (χ4v) is 1.26. The zero-order valence-electron chi connectivity index (χ0n) is 9.64. The molecule has 0 saturated carbocycles. The number of hydrogen-bond donors (Lipinski definition) is 2. The van der Waals surface area contributed by atoms with E-state index >= 15 is 0 Å². The Balaban J connectivity index is 2.31. The van der Waals surface area contributed by atoms with Gasteiger partial charge in [-0.25, -0.2) is 9.67 Å². The van der Waals surface area contributed by atoms with Crippen molar-refractivity contribution in [3.8, 4) is 0 Å². The monoisotopic (exact) mass is 212 g/mol. The second-order valence-electron chi connectivity index (χ2n) is 3.93. The number of nitrogens with one attached hydrogen (secondary N) is 1. The van der Waals surface area contributed by atoms with Crippen LogP contribution in [-0.4, -0.2) is 32.5 Å². The van der Waals surface area contributed by atoms with Gasteiger partial charge < -0.3 is 10.4 Å². The summed E-state index contributed by atoms with van der Waals surface area (Å²) < 4.78 is 1.84. The molecule has 0 aliphatic rings. The van der Waals surface area contributed by atoms with Crippen molar-refractivity contribution in [1.82, 2.24) is 20.1 Å². The van der Waals surface area contributed by atoms with Gasteiger partial charge in [-0.2, -0.15) is 5.10 Å². The molecule has 0 spiro atoms. The minimum absolute atomic E-state index is 0.279. The number of aryl methyl sites for hydroxylation is 1. The molecule has 0 bridgehead atoms. The highest BCUT2D eigenvalue weighted by atomic mass is 16.3. The molecule has 0 aromatic carbocycles. The van der Waals surface area contributed by atoms with Gasteiger partial charge in [0, 0.05) is 13.1 Å². The van der Waals surface area contributed by atoms with Gasteiger partial charge in [-0.1, -0.05) is 13.8 Å². The SMILES string of the molecule is CCn1ncnc1CNCC(O)C(C)C. The van der Waals surface area contributed by atoms with Crippen molar-refractivity contribution in [3.63, 3.8) is 0 Å². The lowest BCUT2D eigenvalue weighted by atomic mass is 10.1. The van der Waals surface area contributed by atoms with E-state index < -0.39 is 0 Å². The molecule has 0 aliphatic heterocycles. The van der Waals surface area contributed by atoms with Crippen LogP contribution in [0.2, 0.25) is 0 Å². The summed E-state index contributed by atoms with van der Waals surface area (Å²) in [7, 11) is 0. The topological polar surface area (TPSA) is 63.0 Å². The van der Waals surface area contributed by atoms with Gasteiger partial charge in [-0.3, -0.25) is 0 Å². The molecule has 1 aromatic heterocycles. The highest BCUT2D eigenvalue weighted by Gasteiger charge is 2.09. The summed E-state index contributed by atoms with van der Waals surface area (Å²) in [5, 5.41) is 16.8. The predicted molar refractivity (Wildman–Crippen MR) is 58.2 cm³/mol. The van der Waals surface area contributed by atoms with Gasteiger partial charge in [0.25, 0.3) is 0 Å². The summed E-state index contributed by atoms with van der Waals surface area (Å²) in [6, 6.07) is 0. The van der Waals surface area contributed by atoms with E-state index in [1.54, 1.807) is 6.33 Å². The molecule has 2 N–H and O–H groups in total. The van der Waals surface area contributed by atoms with Crippen molar-refractivity contribution in [2.45, 2.75) is 40.0 Å². The minimum Gasteiger partial charge on any atom is -0.392 e. The molecule has 86 valence electrons. The van der Waals surface area contributed by atoms with Gasteiger partial charge in [0.2, 0.25) is 0 Å². The molecular formula is C10H20N4O. The summed E-state index contributed by atoms with van der Waals surface area (Å²) in [4.78, 5) is 4.14. The van der Waals surface area contributed by atoms with Crippen LogP contribution in [0.15, 0.2) is 6.33 Å². The van der Waals surface area contributed by atoms with Crippen LogP contribution in [0.25, 0.3) is 0 Å². The average Bonchev–Trinajstić information content (AvgIpc) is 2.65. The van der Waals surface area contributed by atoms with Gasteiger partial charge in [0.05, 0.1) is 12.6 Å². The number of aliphatic hydroxyl groups is 1. The fourth-order valence-electron chi connectivity index (χ4n) is 1.26. The van der Waals surface area contributed by atoms with E-state index in [4.69, 9.17) is 0 Å². The van der Waals surface area contributed by atoms with Crippen LogP contribution in [0, 0.1) is 5.92 Å². The van der Waals surface area contributed by atoms with Gasteiger partial charge in [0.1, 0.15) is 12.2 Å². The smallest absolute Gasteiger partial charge is 0.140 e. The minimum atomic E-state index is -0.303. The lowest BCUT2D eigenvalue weighted by Gasteiger charge is -2.14. The van der Waals surface area contributed by atoms with Crippen molar-refractivity contribution < 1.29 is 5.11 Å². The lowest BCUT2D eigenvalue weighted by molar-refractivity contribution is 0.123. The first kappa shape index (κ1) is 12.1. The normalized spacial score (nSPS) is 13.4. The van der Waals surface area contributed by atoms with E-state index in [-0.39, 0.29) is 12.0 Å². The molecule has 5 nitrogen and oxygen atoms in total. The number of aromatic nitrogens is 3. The maximum Gasteiger partial charge on any atom is 0.140 e. The second-order valence-corrected chi connectivity index (χ2v) is 3.93. The zero-order chi connectivity index (χ0) is 11.3. The van der Waals surface area contributed by atoms with Gasteiger partial charge in [-0.15, -0.1) is 0 Å². The van der Waals surface area contributed by atoms with Crippen LogP contribution < -0.4 is 5.32 Å². The molecule has 1 atom stereocenters. The Kier molecular flexibility index (Phi) is 4.71. The van der Waals surface area contributed by atoms with Crippen LogP contribution in [0.1, 0.15) is 26.6 Å². The molecule has 1 heterocycles. The van der Waals surface area contributed by atoms with E-state index in [0.717, 1.165) is 12.4 Å². The average molecular weight is 212 g/mol. The quantitative estimate of drug-likeness (QED) is 0.716.